The average molecular weight is 251 g/mol. The van der Waals surface area contributed by atoms with E-state index in [-0.39, 0.29) is 6.04 Å². The van der Waals surface area contributed by atoms with Crippen LogP contribution < -0.4 is 5.84 Å². The van der Waals surface area contributed by atoms with Gasteiger partial charge in [-0.05, 0) is 25.4 Å². The molecule has 0 saturated heterocycles. The molecule has 0 aromatic carbocycles. The number of nitrogens with zero attached hydrogens (tertiary/aromatic N) is 6. The van der Waals surface area contributed by atoms with E-state index in [1.807, 2.05) is 13.8 Å². The highest BCUT2D eigenvalue weighted by Crippen LogP contribution is 2.27. The van der Waals surface area contributed by atoms with Crippen molar-refractivity contribution in [1.82, 2.24) is 29.1 Å². The molecule has 1 atom stereocenters. The number of aromatic nitrogens is 5. The molecule has 8 heteroatoms. The van der Waals surface area contributed by atoms with E-state index in [9.17, 15) is 0 Å². The van der Waals surface area contributed by atoms with Crippen LogP contribution in [0.25, 0.3) is 10.8 Å². The predicted octanol–water partition coefficient (Wildman–Crippen LogP) is 0.355. The molecule has 0 amide bonds. The third-order valence-corrected chi connectivity index (χ3v) is 3.75. The van der Waals surface area contributed by atoms with Crippen molar-refractivity contribution < 1.29 is 0 Å². The molecule has 2 aromatic heterocycles. The number of rotatable bonds is 1. The fourth-order valence-electron chi connectivity index (χ4n) is 1.95. The Morgan fingerprint density at radius 1 is 1.35 bits per heavy atom. The Labute approximate surface area is 102 Å². The third kappa shape index (κ3) is 1.65. The zero-order valence-electron chi connectivity index (χ0n) is 9.66. The number of fused-ring (bicyclic) bond motifs is 1. The molecule has 2 aromatic rings. The van der Waals surface area contributed by atoms with Crippen LogP contribution in [0.1, 0.15) is 24.6 Å². The maximum absolute atomic E-state index is 5.87. The number of nitrogens with two attached hydrogens (primary N) is 1. The lowest BCUT2D eigenvalue weighted by molar-refractivity contribution is 0.168. The summed E-state index contributed by atoms with van der Waals surface area (Å²) in [4.78, 5) is 4.34. The van der Waals surface area contributed by atoms with Gasteiger partial charge in [0.2, 0.25) is 0 Å². The molecule has 2 N–H and O–H groups in total. The van der Waals surface area contributed by atoms with Crippen LogP contribution in [0.4, 0.5) is 0 Å². The normalized spacial score (nSPS) is 20.5. The summed E-state index contributed by atoms with van der Waals surface area (Å²) in [6.07, 6.45) is 0. The molecule has 0 unspecified atom stereocenters. The van der Waals surface area contributed by atoms with Crippen LogP contribution in [0.5, 0.6) is 0 Å². The molecule has 1 aliphatic heterocycles. The predicted molar refractivity (Wildman–Crippen MR) is 63.0 cm³/mol. The van der Waals surface area contributed by atoms with Crippen LogP contribution in [0.3, 0.4) is 0 Å². The van der Waals surface area contributed by atoms with E-state index >= 15 is 0 Å². The molecule has 7 nitrogen and oxygen atoms in total. The monoisotopic (exact) mass is 251 g/mol. The number of hydrazine groups is 1. The van der Waals surface area contributed by atoms with Crippen LogP contribution in [0.15, 0.2) is 0 Å². The smallest absolute Gasteiger partial charge is 0.194 e. The summed E-state index contributed by atoms with van der Waals surface area (Å²) in [6.45, 7) is 5.47. The first-order valence-corrected chi connectivity index (χ1v) is 6.19. The van der Waals surface area contributed by atoms with Gasteiger partial charge in [0.1, 0.15) is 5.82 Å². The zero-order chi connectivity index (χ0) is 12.0. The molecule has 0 aliphatic carbocycles. The van der Waals surface area contributed by atoms with Gasteiger partial charge in [-0.25, -0.2) is 9.99 Å². The van der Waals surface area contributed by atoms with Gasteiger partial charge in [-0.15, -0.1) is 10.2 Å². The first-order chi connectivity index (χ1) is 8.16. The molecule has 90 valence electrons. The van der Waals surface area contributed by atoms with Crippen molar-refractivity contribution in [2.24, 2.45) is 5.84 Å². The van der Waals surface area contributed by atoms with Gasteiger partial charge in [0.15, 0.2) is 16.7 Å². The van der Waals surface area contributed by atoms with Crippen molar-refractivity contribution in [3.8, 4) is 10.8 Å². The fraction of sp³-hybridized carbons (Fsp3) is 0.556. The Morgan fingerprint density at radius 3 is 2.88 bits per heavy atom. The minimum absolute atomic E-state index is 0.0824. The van der Waals surface area contributed by atoms with Crippen molar-refractivity contribution in [3.05, 3.63) is 11.6 Å². The lowest BCUT2D eigenvalue weighted by atomic mass is 10.2. The van der Waals surface area contributed by atoms with Gasteiger partial charge in [-0.3, -0.25) is 5.84 Å². The second kappa shape index (κ2) is 3.83. The van der Waals surface area contributed by atoms with E-state index in [0.717, 1.165) is 35.6 Å². The maximum Gasteiger partial charge on any atom is 0.194 e. The van der Waals surface area contributed by atoms with Gasteiger partial charge in [0.25, 0.3) is 0 Å². The van der Waals surface area contributed by atoms with Gasteiger partial charge < -0.3 is 4.57 Å². The summed E-state index contributed by atoms with van der Waals surface area (Å²) in [5, 5.41) is 11.0. The van der Waals surface area contributed by atoms with Gasteiger partial charge in [0, 0.05) is 13.1 Å². The van der Waals surface area contributed by atoms with Crippen LogP contribution in [-0.2, 0) is 6.54 Å². The number of aryl methyl sites for hydroxylation is 1. The first-order valence-electron chi connectivity index (χ1n) is 5.42. The zero-order valence-corrected chi connectivity index (χ0v) is 10.5. The van der Waals surface area contributed by atoms with Crippen LogP contribution in [0, 0.1) is 6.92 Å². The SMILES string of the molecule is Cc1nsc(-c2nnc3n2CCN(N)[C@@H]3C)n1. The molecule has 0 radical (unpaired) electrons. The molecule has 0 spiro atoms. The number of hydrogen-bond acceptors (Lipinski definition) is 7. The highest BCUT2D eigenvalue weighted by Gasteiger charge is 2.27. The molecule has 1 aliphatic rings. The molecule has 0 saturated carbocycles. The van der Waals surface area contributed by atoms with E-state index in [0.29, 0.717) is 0 Å². The molecule has 17 heavy (non-hydrogen) atoms. The Bertz CT molecular complexity index is 545. The summed E-state index contributed by atoms with van der Waals surface area (Å²) in [7, 11) is 0. The van der Waals surface area contributed by atoms with Crippen molar-refractivity contribution in [1.29, 1.82) is 0 Å². The Hall–Kier alpha value is -1.38. The molecule has 3 heterocycles. The van der Waals surface area contributed by atoms with E-state index in [1.165, 1.54) is 11.5 Å². The van der Waals surface area contributed by atoms with Crippen molar-refractivity contribution in [2.75, 3.05) is 6.54 Å². The van der Waals surface area contributed by atoms with Crippen LogP contribution in [-0.4, -0.2) is 35.7 Å². The molecule has 0 fully saturated rings. The second-order valence-electron chi connectivity index (χ2n) is 4.09. The standard InChI is InChI=1S/C9H13N7S/c1-5-7-12-13-8(9-11-6(2)14-17-9)15(7)3-4-16(5)10/h5H,3-4,10H2,1-2H3/t5-/m1/s1. The van der Waals surface area contributed by atoms with Gasteiger partial charge in [0.05, 0.1) is 6.04 Å². The van der Waals surface area contributed by atoms with E-state index in [4.69, 9.17) is 5.84 Å². The van der Waals surface area contributed by atoms with Crippen molar-refractivity contribution in [3.63, 3.8) is 0 Å². The van der Waals surface area contributed by atoms with Crippen molar-refractivity contribution in [2.45, 2.75) is 26.4 Å². The van der Waals surface area contributed by atoms with E-state index < -0.39 is 0 Å². The van der Waals surface area contributed by atoms with Crippen molar-refractivity contribution >= 4 is 11.5 Å². The largest absolute Gasteiger partial charge is 0.306 e. The minimum Gasteiger partial charge on any atom is -0.306 e. The minimum atomic E-state index is 0.0824. The molecular weight excluding hydrogens is 238 g/mol. The molecule has 3 rings (SSSR count). The molecule has 0 bridgehead atoms. The lowest BCUT2D eigenvalue weighted by Gasteiger charge is -2.29. The van der Waals surface area contributed by atoms with Gasteiger partial charge in [-0.2, -0.15) is 4.37 Å². The van der Waals surface area contributed by atoms with E-state index in [1.54, 1.807) is 5.01 Å². The summed E-state index contributed by atoms with van der Waals surface area (Å²) in [5.41, 5.74) is 0. The van der Waals surface area contributed by atoms with Gasteiger partial charge >= 0.3 is 0 Å². The quantitative estimate of drug-likeness (QED) is 0.736. The topological polar surface area (TPSA) is 85.8 Å². The van der Waals surface area contributed by atoms with E-state index in [2.05, 4.69) is 24.1 Å². The highest BCUT2D eigenvalue weighted by atomic mass is 32.1. The van der Waals surface area contributed by atoms with Crippen LogP contribution >= 0.6 is 11.5 Å². The third-order valence-electron chi connectivity index (χ3n) is 2.95. The maximum atomic E-state index is 5.87. The fourth-order valence-corrected chi connectivity index (χ4v) is 2.61. The first kappa shape index (κ1) is 10.8. The second-order valence-corrected chi connectivity index (χ2v) is 4.85. The lowest BCUT2D eigenvalue weighted by Crippen LogP contribution is -2.41. The molecular formula is C9H13N7S. The number of hydrogen-bond donors (Lipinski definition) is 1. The van der Waals surface area contributed by atoms with Crippen LogP contribution in [0.2, 0.25) is 0 Å². The summed E-state index contributed by atoms with van der Waals surface area (Å²) >= 11 is 1.35. The van der Waals surface area contributed by atoms with Gasteiger partial charge in [-0.1, -0.05) is 0 Å². The Kier molecular flexibility index (Phi) is 2.42. The average Bonchev–Trinajstić information content (AvgIpc) is 2.89. The summed E-state index contributed by atoms with van der Waals surface area (Å²) < 4.78 is 6.25. The Morgan fingerprint density at radius 2 is 2.18 bits per heavy atom. The Balaban J connectivity index is 2.07. The summed E-state index contributed by atoms with van der Waals surface area (Å²) in [6, 6.07) is 0.0824. The summed E-state index contributed by atoms with van der Waals surface area (Å²) in [5.74, 6) is 8.33. The highest BCUT2D eigenvalue weighted by molar-refractivity contribution is 7.09.